The van der Waals surface area contributed by atoms with E-state index in [9.17, 15) is 0 Å². The zero-order valence-electron chi connectivity index (χ0n) is 9.33. The second-order valence-corrected chi connectivity index (χ2v) is 3.83. The standard InChI is InChI=1S/C12H16N4/c1-9-6-10(13)2-3-12(9)15-5-4-11-7-14-8-16-11/h2-3,6-8,15H,4-5,13H2,1H3,(H,14,16). The zero-order valence-corrected chi connectivity index (χ0v) is 9.33. The molecular formula is C12H16N4. The van der Waals surface area contributed by atoms with Crippen LogP contribution in [0.2, 0.25) is 0 Å². The number of imidazole rings is 1. The molecule has 2 rings (SSSR count). The lowest BCUT2D eigenvalue weighted by Gasteiger charge is -2.09. The highest BCUT2D eigenvalue weighted by atomic mass is 14.9. The van der Waals surface area contributed by atoms with Crippen LogP contribution in [0.4, 0.5) is 11.4 Å². The summed E-state index contributed by atoms with van der Waals surface area (Å²) in [5.41, 5.74) is 9.94. The first-order valence-electron chi connectivity index (χ1n) is 5.33. The molecule has 0 atom stereocenters. The smallest absolute Gasteiger partial charge is 0.0921 e. The second-order valence-electron chi connectivity index (χ2n) is 3.83. The molecule has 0 aliphatic rings. The van der Waals surface area contributed by atoms with Crippen molar-refractivity contribution >= 4 is 11.4 Å². The number of aromatic amines is 1. The first kappa shape index (κ1) is 10.5. The van der Waals surface area contributed by atoms with Crippen LogP contribution in [0.15, 0.2) is 30.7 Å². The fraction of sp³-hybridized carbons (Fsp3) is 0.250. The van der Waals surface area contributed by atoms with E-state index < -0.39 is 0 Å². The van der Waals surface area contributed by atoms with Gasteiger partial charge < -0.3 is 16.0 Å². The SMILES string of the molecule is Cc1cc(N)ccc1NCCc1cnc[nH]1. The molecule has 0 saturated carbocycles. The van der Waals surface area contributed by atoms with E-state index >= 15 is 0 Å². The zero-order chi connectivity index (χ0) is 11.4. The van der Waals surface area contributed by atoms with Gasteiger partial charge in [-0.1, -0.05) is 0 Å². The summed E-state index contributed by atoms with van der Waals surface area (Å²) in [5, 5.41) is 3.38. The van der Waals surface area contributed by atoms with Crippen LogP contribution in [0, 0.1) is 6.92 Å². The molecule has 0 aliphatic carbocycles. The molecule has 0 bridgehead atoms. The first-order valence-corrected chi connectivity index (χ1v) is 5.33. The highest BCUT2D eigenvalue weighted by Gasteiger charge is 1.98. The fourth-order valence-corrected chi connectivity index (χ4v) is 1.64. The van der Waals surface area contributed by atoms with Gasteiger partial charge in [-0.15, -0.1) is 0 Å². The summed E-state index contributed by atoms with van der Waals surface area (Å²) in [4.78, 5) is 7.05. The van der Waals surface area contributed by atoms with E-state index in [1.807, 2.05) is 24.4 Å². The van der Waals surface area contributed by atoms with Gasteiger partial charge in [0.25, 0.3) is 0 Å². The Morgan fingerprint density at radius 1 is 1.44 bits per heavy atom. The highest BCUT2D eigenvalue weighted by Crippen LogP contribution is 2.17. The van der Waals surface area contributed by atoms with Gasteiger partial charge in [-0.2, -0.15) is 0 Å². The van der Waals surface area contributed by atoms with Crippen LogP contribution < -0.4 is 11.1 Å². The van der Waals surface area contributed by atoms with Crippen LogP contribution in [-0.2, 0) is 6.42 Å². The lowest BCUT2D eigenvalue weighted by molar-refractivity contribution is 0.975. The number of aryl methyl sites for hydroxylation is 1. The minimum absolute atomic E-state index is 0.802. The van der Waals surface area contributed by atoms with Crippen LogP contribution in [0.1, 0.15) is 11.3 Å². The molecule has 1 heterocycles. The maximum Gasteiger partial charge on any atom is 0.0921 e. The average Bonchev–Trinajstić information content (AvgIpc) is 2.74. The summed E-state index contributed by atoms with van der Waals surface area (Å²) in [6.07, 6.45) is 4.48. The normalized spacial score (nSPS) is 10.3. The van der Waals surface area contributed by atoms with Gasteiger partial charge in [-0.05, 0) is 30.7 Å². The number of rotatable bonds is 4. The van der Waals surface area contributed by atoms with Crippen molar-refractivity contribution < 1.29 is 0 Å². The van der Waals surface area contributed by atoms with Gasteiger partial charge >= 0.3 is 0 Å². The summed E-state index contributed by atoms with van der Waals surface area (Å²) in [7, 11) is 0. The monoisotopic (exact) mass is 216 g/mol. The summed E-state index contributed by atoms with van der Waals surface area (Å²) < 4.78 is 0. The number of nitrogens with one attached hydrogen (secondary N) is 2. The molecule has 4 N–H and O–H groups in total. The third-order valence-electron chi connectivity index (χ3n) is 2.52. The van der Waals surface area contributed by atoms with Crippen molar-refractivity contribution in [2.45, 2.75) is 13.3 Å². The van der Waals surface area contributed by atoms with Gasteiger partial charge in [0.1, 0.15) is 0 Å². The van der Waals surface area contributed by atoms with Crippen molar-refractivity contribution in [1.29, 1.82) is 0 Å². The van der Waals surface area contributed by atoms with Crippen molar-refractivity contribution in [1.82, 2.24) is 9.97 Å². The third kappa shape index (κ3) is 2.53. The Morgan fingerprint density at radius 2 is 2.31 bits per heavy atom. The number of anilines is 2. The molecule has 0 aliphatic heterocycles. The van der Waals surface area contributed by atoms with Gasteiger partial charge in [0.15, 0.2) is 0 Å². The Labute approximate surface area is 94.9 Å². The van der Waals surface area contributed by atoms with Crippen molar-refractivity contribution in [2.75, 3.05) is 17.6 Å². The summed E-state index contributed by atoms with van der Waals surface area (Å²) in [5.74, 6) is 0. The largest absolute Gasteiger partial charge is 0.399 e. The topological polar surface area (TPSA) is 66.7 Å². The Balaban J connectivity index is 1.90. The number of nitrogens with zero attached hydrogens (tertiary/aromatic N) is 1. The number of H-pyrrole nitrogens is 1. The van der Waals surface area contributed by atoms with Crippen LogP contribution in [-0.4, -0.2) is 16.5 Å². The Morgan fingerprint density at radius 3 is 3.00 bits per heavy atom. The van der Waals surface area contributed by atoms with E-state index in [0.29, 0.717) is 0 Å². The van der Waals surface area contributed by atoms with Crippen molar-refractivity contribution in [3.8, 4) is 0 Å². The average molecular weight is 216 g/mol. The first-order chi connectivity index (χ1) is 7.75. The maximum absolute atomic E-state index is 5.69. The minimum atomic E-state index is 0.802. The molecule has 84 valence electrons. The lowest BCUT2D eigenvalue weighted by atomic mass is 10.2. The quantitative estimate of drug-likeness (QED) is 0.684. The molecule has 0 radical (unpaired) electrons. The summed E-state index contributed by atoms with van der Waals surface area (Å²) >= 11 is 0. The lowest BCUT2D eigenvalue weighted by Crippen LogP contribution is -2.06. The van der Waals surface area contributed by atoms with Crippen LogP contribution in [0.5, 0.6) is 0 Å². The number of hydrogen-bond acceptors (Lipinski definition) is 3. The molecule has 2 aromatic rings. The third-order valence-corrected chi connectivity index (χ3v) is 2.52. The molecule has 0 saturated heterocycles. The van der Waals surface area contributed by atoms with Crippen molar-refractivity contribution in [2.24, 2.45) is 0 Å². The molecule has 4 nitrogen and oxygen atoms in total. The predicted octanol–water partition coefficient (Wildman–Crippen LogP) is 1.95. The Hall–Kier alpha value is -1.97. The number of nitrogens with two attached hydrogens (primary N) is 1. The van der Waals surface area contributed by atoms with Gasteiger partial charge in [0, 0.05) is 36.2 Å². The number of benzene rings is 1. The van der Waals surface area contributed by atoms with Crippen molar-refractivity contribution in [3.05, 3.63) is 42.0 Å². The molecule has 0 fully saturated rings. The fourth-order valence-electron chi connectivity index (χ4n) is 1.64. The van der Waals surface area contributed by atoms with Gasteiger partial charge in [0.05, 0.1) is 6.33 Å². The summed E-state index contributed by atoms with van der Waals surface area (Å²) in [6, 6.07) is 5.89. The predicted molar refractivity (Wildman–Crippen MR) is 66.4 cm³/mol. The molecule has 1 aromatic heterocycles. The van der Waals surface area contributed by atoms with Crippen LogP contribution >= 0.6 is 0 Å². The summed E-state index contributed by atoms with van der Waals surface area (Å²) in [6.45, 7) is 2.93. The maximum atomic E-state index is 5.69. The minimum Gasteiger partial charge on any atom is -0.399 e. The molecule has 16 heavy (non-hydrogen) atoms. The Kier molecular flexibility index (Phi) is 3.10. The van der Waals surface area contributed by atoms with E-state index in [1.54, 1.807) is 6.33 Å². The van der Waals surface area contributed by atoms with E-state index in [2.05, 4.69) is 22.2 Å². The highest BCUT2D eigenvalue weighted by molar-refractivity contribution is 5.57. The van der Waals surface area contributed by atoms with E-state index in [-0.39, 0.29) is 0 Å². The Bertz CT molecular complexity index is 448. The van der Waals surface area contributed by atoms with E-state index in [1.165, 1.54) is 5.56 Å². The van der Waals surface area contributed by atoms with Crippen LogP contribution in [0.25, 0.3) is 0 Å². The van der Waals surface area contributed by atoms with E-state index in [4.69, 9.17) is 5.73 Å². The molecule has 0 unspecified atom stereocenters. The van der Waals surface area contributed by atoms with Gasteiger partial charge in [-0.25, -0.2) is 4.98 Å². The molecule has 4 heteroatoms. The van der Waals surface area contributed by atoms with Gasteiger partial charge in [0.2, 0.25) is 0 Å². The van der Waals surface area contributed by atoms with Crippen molar-refractivity contribution in [3.63, 3.8) is 0 Å². The number of hydrogen-bond donors (Lipinski definition) is 3. The molecule has 0 spiro atoms. The number of nitrogen functional groups attached to an aromatic ring is 1. The second kappa shape index (κ2) is 4.70. The molecule has 1 aromatic carbocycles. The number of aromatic nitrogens is 2. The van der Waals surface area contributed by atoms with Gasteiger partial charge in [-0.3, -0.25) is 0 Å². The van der Waals surface area contributed by atoms with E-state index in [0.717, 1.165) is 30.0 Å². The molecule has 0 amide bonds. The van der Waals surface area contributed by atoms with Crippen LogP contribution in [0.3, 0.4) is 0 Å². The molecular weight excluding hydrogens is 200 g/mol.